The maximum absolute atomic E-state index is 13.3. The second-order valence-corrected chi connectivity index (χ2v) is 4.96. The van der Waals surface area contributed by atoms with E-state index in [0.717, 1.165) is 17.5 Å². The van der Waals surface area contributed by atoms with Crippen molar-refractivity contribution in [2.45, 2.75) is 12.8 Å². The van der Waals surface area contributed by atoms with Gasteiger partial charge in [-0.25, -0.2) is 4.39 Å². The van der Waals surface area contributed by atoms with Gasteiger partial charge in [-0.05, 0) is 48.2 Å². The highest BCUT2D eigenvalue weighted by molar-refractivity contribution is 6.13. The zero-order valence-electron chi connectivity index (χ0n) is 11.6. The summed E-state index contributed by atoms with van der Waals surface area (Å²) in [4.78, 5) is 16.5. The van der Waals surface area contributed by atoms with Gasteiger partial charge in [0.05, 0.1) is 13.3 Å². The molecule has 2 aromatic rings. The molecule has 0 radical (unpaired) electrons. The molecule has 3 nitrogen and oxygen atoms in total. The van der Waals surface area contributed by atoms with E-state index in [2.05, 4.69) is 4.98 Å². The van der Waals surface area contributed by atoms with Crippen LogP contribution in [-0.2, 0) is 6.42 Å². The van der Waals surface area contributed by atoms with Crippen LogP contribution in [0, 0.1) is 5.82 Å². The van der Waals surface area contributed by atoms with Crippen LogP contribution in [0.4, 0.5) is 4.39 Å². The number of allylic oxidation sites excluding steroid dienone is 1. The van der Waals surface area contributed by atoms with E-state index in [4.69, 9.17) is 4.74 Å². The molecule has 0 fully saturated rings. The molecule has 0 spiro atoms. The molecule has 0 amide bonds. The zero-order chi connectivity index (χ0) is 14.8. The fourth-order valence-corrected chi connectivity index (χ4v) is 2.50. The highest BCUT2D eigenvalue weighted by Crippen LogP contribution is 2.27. The van der Waals surface area contributed by atoms with E-state index < -0.39 is 0 Å². The Morgan fingerprint density at radius 1 is 1.24 bits per heavy atom. The first-order chi connectivity index (χ1) is 10.2. The maximum atomic E-state index is 13.3. The van der Waals surface area contributed by atoms with Crippen molar-refractivity contribution in [1.29, 1.82) is 0 Å². The molecule has 0 N–H and O–H groups in total. The van der Waals surface area contributed by atoms with Crippen molar-refractivity contribution in [3.63, 3.8) is 0 Å². The Bertz CT molecular complexity index is 737. The number of carbonyl (C=O) groups is 1. The van der Waals surface area contributed by atoms with Crippen LogP contribution in [0.2, 0.25) is 0 Å². The third-order valence-electron chi connectivity index (χ3n) is 3.58. The maximum Gasteiger partial charge on any atom is 0.189 e. The van der Waals surface area contributed by atoms with Crippen molar-refractivity contribution in [2.24, 2.45) is 0 Å². The van der Waals surface area contributed by atoms with Crippen molar-refractivity contribution >= 4 is 11.9 Å². The Balaban J connectivity index is 1.97. The third-order valence-corrected chi connectivity index (χ3v) is 3.58. The van der Waals surface area contributed by atoms with E-state index in [0.29, 0.717) is 23.3 Å². The molecule has 0 atom stereocenters. The minimum atomic E-state index is -0.383. The number of ether oxygens (including phenoxy) is 1. The highest BCUT2D eigenvalue weighted by atomic mass is 19.1. The number of hydrogen-bond acceptors (Lipinski definition) is 3. The predicted octanol–water partition coefficient (Wildman–Crippen LogP) is 3.44. The number of fused-ring (bicyclic) bond motifs is 1. The van der Waals surface area contributed by atoms with Crippen LogP contribution in [0.1, 0.15) is 27.9 Å². The Morgan fingerprint density at radius 2 is 2.10 bits per heavy atom. The first-order valence-electron chi connectivity index (χ1n) is 6.70. The summed E-state index contributed by atoms with van der Waals surface area (Å²) in [5, 5.41) is 0. The molecule has 1 aromatic heterocycles. The number of methoxy groups -OCH3 is 1. The van der Waals surface area contributed by atoms with Gasteiger partial charge in [-0.2, -0.15) is 0 Å². The summed E-state index contributed by atoms with van der Waals surface area (Å²) < 4.78 is 18.4. The van der Waals surface area contributed by atoms with Gasteiger partial charge in [-0.1, -0.05) is 6.07 Å². The van der Waals surface area contributed by atoms with E-state index >= 15 is 0 Å². The number of ketones is 1. The lowest BCUT2D eigenvalue weighted by molar-refractivity contribution is 0.102. The zero-order valence-corrected chi connectivity index (χ0v) is 11.6. The molecule has 3 rings (SSSR count). The van der Waals surface area contributed by atoms with Crippen LogP contribution in [0.25, 0.3) is 6.08 Å². The second-order valence-electron chi connectivity index (χ2n) is 4.96. The Hall–Kier alpha value is -2.49. The van der Waals surface area contributed by atoms with Crippen LogP contribution in [0.5, 0.6) is 5.75 Å². The Kier molecular flexibility index (Phi) is 3.52. The largest absolute Gasteiger partial charge is 0.495 e. The molecule has 21 heavy (non-hydrogen) atoms. The average Bonchev–Trinajstić information content (AvgIpc) is 2.51. The van der Waals surface area contributed by atoms with Crippen molar-refractivity contribution in [3.8, 4) is 5.75 Å². The minimum absolute atomic E-state index is 0.112. The first-order valence-corrected chi connectivity index (χ1v) is 6.70. The summed E-state index contributed by atoms with van der Waals surface area (Å²) in [5.74, 6) is 0.143. The van der Waals surface area contributed by atoms with Crippen LogP contribution in [0.3, 0.4) is 0 Å². The molecule has 1 heterocycles. The lowest BCUT2D eigenvalue weighted by Crippen LogP contribution is -2.14. The summed E-state index contributed by atoms with van der Waals surface area (Å²) in [6.07, 6.45) is 6.46. The quantitative estimate of drug-likeness (QED) is 0.792. The molecule has 106 valence electrons. The monoisotopic (exact) mass is 283 g/mol. The number of Topliss-reactive ketones (excluding diaryl/α,β-unsaturated/α-hetero) is 1. The molecule has 1 aliphatic rings. The lowest BCUT2D eigenvalue weighted by Gasteiger charge is -2.17. The summed E-state index contributed by atoms with van der Waals surface area (Å²) in [6.45, 7) is 0. The molecule has 1 aromatic carbocycles. The van der Waals surface area contributed by atoms with Crippen molar-refractivity contribution < 1.29 is 13.9 Å². The van der Waals surface area contributed by atoms with Gasteiger partial charge in [0.2, 0.25) is 0 Å². The summed E-state index contributed by atoms with van der Waals surface area (Å²) >= 11 is 0. The summed E-state index contributed by atoms with van der Waals surface area (Å²) in [5.41, 5.74) is 2.84. The lowest BCUT2D eigenvalue weighted by atomic mass is 9.86. The highest BCUT2D eigenvalue weighted by Gasteiger charge is 2.22. The molecule has 0 saturated carbocycles. The molecule has 0 unspecified atom stereocenters. The Morgan fingerprint density at radius 3 is 2.90 bits per heavy atom. The number of benzene rings is 1. The van der Waals surface area contributed by atoms with Crippen LogP contribution in [0.15, 0.2) is 42.2 Å². The van der Waals surface area contributed by atoms with Gasteiger partial charge in [0.15, 0.2) is 5.78 Å². The van der Waals surface area contributed by atoms with Gasteiger partial charge >= 0.3 is 0 Å². The van der Waals surface area contributed by atoms with Crippen LogP contribution >= 0.6 is 0 Å². The minimum Gasteiger partial charge on any atom is -0.495 e. The van der Waals surface area contributed by atoms with Crippen molar-refractivity contribution in [3.05, 3.63) is 64.7 Å². The number of hydrogen-bond donors (Lipinski definition) is 0. The van der Waals surface area contributed by atoms with E-state index in [1.54, 1.807) is 31.6 Å². The topological polar surface area (TPSA) is 39.2 Å². The SMILES string of the molecule is COc1cncc(/C=C2\CCc3ccc(F)cc3C2=O)c1. The standard InChI is InChI=1S/C17H14FNO2/c1-21-15-7-11(9-19-10-15)6-13-3-2-12-4-5-14(18)8-16(12)17(13)20/h4-10H,2-3H2,1H3/b13-6+. The molecular formula is C17H14FNO2. The summed E-state index contributed by atoms with van der Waals surface area (Å²) in [7, 11) is 1.57. The second kappa shape index (κ2) is 5.48. The van der Waals surface area contributed by atoms with E-state index in [-0.39, 0.29) is 11.6 Å². The fourth-order valence-electron chi connectivity index (χ4n) is 2.50. The van der Waals surface area contributed by atoms with Gasteiger partial charge < -0.3 is 4.74 Å². The number of rotatable bonds is 2. The smallest absolute Gasteiger partial charge is 0.189 e. The van der Waals surface area contributed by atoms with Gasteiger partial charge in [-0.15, -0.1) is 0 Å². The predicted molar refractivity (Wildman–Crippen MR) is 77.8 cm³/mol. The molecule has 1 aliphatic carbocycles. The Labute approximate surface area is 122 Å². The molecule has 4 heteroatoms. The number of aryl methyl sites for hydroxylation is 1. The van der Waals surface area contributed by atoms with Crippen LogP contribution < -0.4 is 4.74 Å². The fraction of sp³-hybridized carbons (Fsp3) is 0.176. The number of aromatic nitrogens is 1. The first kappa shape index (κ1) is 13.5. The number of nitrogens with zero attached hydrogens (tertiary/aromatic N) is 1. The third kappa shape index (κ3) is 2.70. The van der Waals surface area contributed by atoms with Crippen molar-refractivity contribution in [1.82, 2.24) is 4.98 Å². The average molecular weight is 283 g/mol. The van der Waals surface area contributed by atoms with Gasteiger partial charge in [0.25, 0.3) is 0 Å². The van der Waals surface area contributed by atoms with E-state index in [1.165, 1.54) is 12.1 Å². The molecule has 0 saturated heterocycles. The van der Waals surface area contributed by atoms with Crippen molar-refractivity contribution in [2.75, 3.05) is 7.11 Å². The van der Waals surface area contributed by atoms with Gasteiger partial charge in [0, 0.05) is 17.3 Å². The number of carbonyl (C=O) groups excluding carboxylic acids is 1. The summed E-state index contributed by atoms with van der Waals surface area (Å²) in [6, 6.07) is 6.21. The number of pyridine rings is 1. The molecule has 0 aliphatic heterocycles. The van der Waals surface area contributed by atoms with Gasteiger partial charge in [0.1, 0.15) is 11.6 Å². The van der Waals surface area contributed by atoms with Crippen LogP contribution in [-0.4, -0.2) is 17.9 Å². The van der Waals surface area contributed by atoms with Gasteiger partial charge in [-0.3, -0.25) is 9.78 Å². The van der Waals surface area contributed by atoms with E-state index in [1.807, 2.05) is 6.07 Å². The number of halogens is 1. The normalized spacial score (nSPS) is 15.9. The molecular weight excluding hydrogens is 269 g/mol. The van der Waals surface area contributed by atoms with E-state index in [9.17, 15) is 9.18 Å². The molecule has 0 bridgehead atoms.